The highest BCUT2D eigenvalue weighted by atomic mass is 35.5. The first-order valence-electron chi connectivity index (χ1n) is 6.41. The Kier molecular flexibility index (Phi) is 5.19. The maximum absolute atomic E-state index is 11.5. The smallest absolute Gasteiger partial charge is 0.229 e. The minimum absolute atomic E-state index is 0.146. The lowest BCUT2D eigenvalue weighted by atomic mass is 10.1. The van der Waals surface area contributed by atoms with E-state index in [9.17, 15) is 13.2 Å². The molecule has 0 bridgehead atoms. The molecular weight excluding hydrogens is 361 g/mol. The minimum atomic E-state index is -3.52. The molecule has 0 amide bonds. The van der Waals surface area contributed by atoms with Crippen LogP contribution in [0.1, 0.15) is 17.3 Å². The SMILES string of the molecule is CC(=O)c1ccc(NS(C)(=O)=O)c(Oc2cc(Cl)ccc2Cl)c1. The molecule has 2 aromatic carbocycles. The molecule has 0 heterocycles. The summed E-state index contributed by atoms with van der Waals surface area (Å²) in [7, 11) is -3.52. The Morgan fingerprint density at radius 2 is 1.78 bits per heavy atom. The maximum Gasteiger partial charge on any atom is 0.229 e. The van der Waals surface area contributed by atoms with Gasteiger partial charge in [0.2, 0.25) is 10.0 Å². The summed E-state index contributed by atoms with van der Waals surface area (Å²) in [6.07, 6.45) is 1.02. The van der Waals surface area contributed by atoms with E-state index in [1.54, 1.807) is 12.1 Å². The molecule has 0 unspecified atom stereocenters. The van der Waals surface area contributed by atoms with Crippen molar-refractivity contribution in [3.05, 3.63) is 52.0 Å². The number of halogens is 2. The van der Waals surface area contributed by atoms with Gasteiger partial charge in [-0.15, -0.1) is 0 Å². The summed E-state index contributed by atoms with van der Waals surface area (Å²) < 4.78 is 30.9. The third kappa shape index (κ3) is 4.86. The molecule has 0 spiro atoms. The van der Waals surface area contributed by atoms with E-state index in [2.05, 4.69) is 4.72 Å². The van der Waals surface area contributed by atoms with Crippen LogP contribution in [-0.2, 0) is 10.0 Å². The van der Waals surface area contributed by atoms with Gasteiger partial charge < -0.3 is 4.74 Å². The number of nitrogens with one attached hydrogen (secondary N) is 1. The second-order valence-corrected chi connectivity index (χ2v) is 7.41. The van der Waals surface area contributed by atoms with Crippen LogP contribution in [-0.4, -0.2) is 20.5 Å². The van der Waals surface area contributed by atoms with Gasteiger partial charge in [-0.25, -0.2) is 8.42 Å². The average molecular weight is 374 g/mol. The Morgan fingerprint density at radius 3 is 2.39 bits per heavy atom. The third-order valence-electron chi connectivity index (χ3n) is 2.80. The summed E-state index contributed by atoms with van der Waals surface area (Å²) >= 11 is 12.0. The van der Waals surface area contributed by atoms with E-state index in [1.165, 1.54) is 31.2 Å². The van der Waals surface area contributed by atoms with Crippen LogP contribution in [0.5, 0.6) is 11.5 Å². The van der Waals surface area contributed by atoms with Crippen molar-refractivity contribution in [2.45, 2.75) is 6.92 Å². The fraction of sp³-hybridized carbons (Fsp3) is 0.133. The number of hydrogen-bond acceptors (Lipinski definition) is 4. The van der Waals surface area contributed by atoms with E-state index < -0.39 is 10.0 Å². The number of hydrogen-bond donors (Lipinski definition) is 1. The van der Waals surface area contributed by atoms with Crippen molar-refractivity contribution < 1.29 is 17.9 Å². The van der Waals surface area contributed by atoms with Crippen LogP contribution in [0.25, 0.3) is 0 Å². The Labute approximate surface area is 144 Å². The Morgan fingerprint density at radius 1 is 1.09 bits per heavy atom. The molecule has 0 radical (unpaired) electrons. The monoisotopic (exact) mass is 373 g/mol. The van der Waals surface area contributed by atoms with E-state index in [4.69, 9.17) is 27.9 Å². The van der Waals surface area contributed by atoms with Crippen molar-refractivity contribution in [2.75, 3.05) is 11.0 Å². The number of anilines is 1. The minimum Gasteiger partial charge on any atom is -0.454 e. The zero-order valence-corrected chi connectivity index (χ0v) is 14.6. The van der Waals surface area contributed by atoms with Crippen LogP contribution in [0.15, 0.2) is 36.4 Å². The number of Topliss-reactive ketones (excluding diaryl/α,β-unsaturated/α-hetero) is 1. The molecule has 0 aliphatic heterocycles. The molecule has 8 heteroatoms. The Hall–Kier alpha value is -1.76. The van der Waals surface area contributed by atoms with Gasteiger partial charge in [0.15, 0.2) is 11.5 Å². The zero-order chi connectivity index (χ0) is 17.2. The van der Waals surface area contributed by atoms with Crippen LogP contribution >= 0.6 is 23.2 Å². The summed E-state index contributed by atoms with van der Waals surface area (Å²) in [5, 5.41) is 0.706. The molecule has 0 aliphatic rings. The topological polar surface area (TPSA) is 72.5 Å². The first-order valence-corrected chi connectivity index (χ1v) is 9.06. The van der Waals surface area contributed by atoms with Crippen molar-refractivity contribution in [3.8, 4) is 11.5 Å². The Bertz CT molecular complexity index is 866. The molecule has 0 atom stereocenters. The highest BCUT2D eigenvalue weighted by Crippen LogP contribution is 2.36. The fourth-order valence-electron chi connectivity index (χ4n) is 1.78. The van der Waals surface area contributed by atoms with Gasteiger partial charge in [-0.1, -0.05) is 23.2 Å². The predicted molar refractivity (Wildman–Crippen MR) is 91.4 cm³/mol. The van der Waals surface area contributed by atoms with Crippen LogP contribution in [0.4, 0.5) is 5.69 Å². The summed E-state index contributed by atoms with van der Waals surface area (Å²) in [4.78, 5) is 11.5. The zero-order valence-electron chi connectivity index (χ0n) is 12.3. The summed E-state index contributed by atoms with van der Waals surface area (Å²) in [6.45, 7) is 1.40. The number of rotatable bonds is 5. The molecule has 0 saturated heterocycles. The molecule has 122 valence electrons. The summed E-state index contributed by atoms with van der Waals surface area (Å²) in [6, 6.07) is 9.03. The second kappa shape index (κ2) is 6.78. The van der Waals surface area contributed by atoms with Crippen molar-refractivity contribution in [3.63, 3.8) is 0 Å². The lowest BCUT2D eigenvalue weighted by Gasteiger charge is -2.14. The number of ketones is 1. The van der Waals surface area contributed by atoms with Gasteiger partial charge in [0.25, 0.3) is 0 Å². The summed E-state index contributed by atoms with van der Waals surface area (Å²) in [5.74, 6) is 0.210. The maximum atomic E-state index is 11.5. The Balaban J connectivity index is 2.50. The quantitative estimate of drug-likeness (QED) is 0.790. The number of ether oxygens (including phenoxy) is 1. The lowest BCUT2D eigenvalue weighted by molar-refractivity contribution is 0.101. The largest absolute Gasteiger partial charge is 0.454 e. The van der Waals surface area contributed by atoms with E-state index in [0.717, 1.165) is 6.26 Å². The van der Waals surface area contributed by atoms with Crippen LogP contribution in [0, 0.1) is 0 Å². The number of sulfonamides is 1. The molecule has 2 rings (SSSR count). The molecule has 23 heavy (non-hydrogen) atoms. The second-order valence-electron chi connectivity index (χ2n) is 4.82. The molecule has 0 aromatic heterocycles. The van der Waals surface area contributed by atoms with Gasteiger partial charge in [-0.2, -0.15) is 0 Å². The van der Waals surface area contributed by atoms with E-state index >= 15 is 0 Å². The molecule has 1 N–H and O–H groups in total. The van der Waals surface area contributed by atoms with Gasteiger partial charge >= 0.3 is 0 Å². The summed E-state index contributed by atoms with van der Waals surface area (Å²) in [5.41, 5.74) is 0.561. The number of benzene rings is 2. The standard InChI is InChI=1S/C15H13Cl2NO4S/c1-9(19)10-3-6-13(18-23(2,20)21)15(7-10)22-14-8-11(16)4-5-12(14)17/h3-8,18H,1-2H3. The van der Waals surface area contributed by atoms with E-state index in [0.29, 0.717) is 15.6 Å². The van der Waals surface area contributed by atoms with Crippen LogP contribution < -0.4 is 9.46 Å². The first-order chi connectivity index (χ1) is 10.7. The van der Waals surface area contributed by atoms with Gasteiger partial charge in [-0.05, 0) is 37.3 Å². The number of carbonyl (C=O) groups excluding carboxylic acids is 1. The first kappa shape index (κ1) is 17.6. The van der Waals surface area contributed by atoms with Gasteiger partial charge in [-0.3, -0.25) is 9.52 Å². The lowest BCUT2D eigenvalue weighted by Crippen LogP contribution is -2.10. The van der Waals surface area contributed by atoms with Crippen molar-refractivity contribution in [2.24, 2.45) is 0 Å². The molecule has 0 aliphatic carbocycles. The molecule has 2 aromatic rings. The molecule has 5 nitrogen and oxygen atoms in total. The highest BCUT2D eigenvalue weighted by Gasteiger charge is 2.14. The van der Waals surface area contributed by atoms with Crippen molar-refractivity contribution in [1.29, 1.82) is 0 Å². The van der Waals surface area contributed by atoms with Crippen molar-refractivity contribution >= 4 is 44.7 Å². The molecular formula is C15H13Cl2NO4S. The molecule has 0 saturated carbocycles. The highest BCUT2D eigenvalue weighted by molar-refractivity contribution is 7.92. The van der Waals surface area contributed by atoms with Crippen LogP contribution in [0.2, 0.25) is 10.0 Å². The van der Waals surface area contributed by atoms with Gasteiger partial charge in [0.05, 0.1) is 17.0 Å². The van der Waals surface area contributed by atoms with Crippen molar-refractivity contribution in [1.82, 2.24) is 0 Å². The van der Waals surface area contributed by atoms with E-state index in [1.807, 2.05) is 0 Å². The van der Waals surface area contributed by atoms with Gasteiger partial charge in [0, 0.05) is 16.7 Å². The number of carbonyl (C=O) groups is 1. The van der Waals surface area contributed by atoms with E-state index in [-0.39, 0.29) is 23.0 Å². The average Bonchev–Trinajstić information content (AvgIpc) is 2.43. The molecule has 0 fully saturated rings. The fourth-order valence-corrected chi connectivity index (χ4v) is 2.67. The predicted octanol–water partition coefficient (Wildman–Crippen LogP) is 4.36. The van der Waals surface area contributed by atoms with Gasteiger partial charge in [0.1, 0.15) is 5.75 Å². The normalized spacial score (nSPS) is 11.1. The van der Waals surface area contributed by atoms with Crippen LogP contribution in [0.3, 0.4) is 0 Å². The third-order valence-corrected chi connectivity index (χ3v) is 3.93.